The van der Waals surface area contributed by atoms with Gasteiger partial charge in [0.05, 0.1) is 12.1 Å². The molecular formula is C16H20FN3O. The SMILES string of the molecule is CN1CCCC(NC(=O)c2ccc(C#CCN)cc2F)C1. The zero-order valence-corrected chi connectivity index (χ0v) is 12.2. The number of likely N-dealkylation sites (N-methyl/N-ethyl adjacent to an activating group) is 1. The molecule has 1 atom stereocenters. The van der Waals surface area contributed by atoms with Crippen LogP contribution in [0.3, 0.4) is 0 Å². The monoisotopic (exact) mass is 289 g/mol. The largest absolute Gasteiger partial charge is 0.348 e. The number of amides is 1. The number of hydrogen-bond donors (Lipinski definition) is 2. The Morgan fingerprint density at radius 3 is 3.05 bits per heavy atom. The van der Waals surface area contributed by atoms with Crippen LogP contribution in [0.5, 0.6) is 0 Å². The van der Waals surface area contributed by atoms with Crippen LogP contribution in [0, 0.1) is 17.7 Å². The Bertz CT molecular complexity index is 577. The lowest BCUT2D eigenvalue weighted by Gasteiger charge is -2.30. The predicted octanol–water partition coefficient (Wildman–Crippen LogP) is 0.960. The van der Waals surface area contributed by atoms with Crippen molar-refractivity contribution in [3.63, 3.8) is 0 Å². The molecule has 1 amide bonds. The van der Waals surface area contributed by atoms with E-state index >= 15 is 0 Å². The van der Waals surface area contributed by atoms with Crippen LogP contribution >= 0.6 is 0 Å². The Labute approximate surface area is 124 Å². The minimum absolute atomic E-state index is 0.0570. The highest BCUT2D eigenvalue weighted by atomic mass is 19.1. The van der Waals surface area contributed by atoms with E-state index in [1.165, 1.54) is 12.1 Å². The van der Waals surface area contributed by atoms with Crippen molar-refractivity contribution in [1.82, 2.24) is 10.2 Å². The highest BCUT2D eigenvalue weighted by Gasteiger charge is 2.21. The Kier molecular flexibility index (Phi) is 5.32. The highest BCUT2D eigenvalue weighted by molar-refractivity contribution is 5.94. The van der Waals surface area contributed by atoms with Crippen molar-refractivity contribution in [1.29, 1.82) is 0 Å². The fourth-order valence-corrected chi connectivity index (χ4v) is 2.48. The summed E-state index contributed by atoms with van der Waals surface area (Å²) in [5, 5.41) is 2.89. The molecule has 0 bridgehead atoms. The molecule has 0 saturated carbocycles. The smallest absolute Gasteiger partial charge is 0.254 e. The van der Waals surface area contributed by atoms with E-state index in [-0.39, 0.29) is 24.1 Å². The summed E-state index contributed by atoms with van der Waals surface area (Å²) in [6, 6.07) is 4.45. The number of nitrogens with one attached hydrogen (secondary N) is 1. The molecule has 1 fully saturated rings. The Morgan fingerprint density at radius 1 is 1.57 bits per heavy atom. The molecule has 1 heterocycles. The van der Waals surface area contributed by atoms with Crippen molar-refractivity contribution in [3.05, 3.63) is 35.1 Å². The second-order valence-corrected chi connectivity index (χ2v) is 5.28. The summed E-state index contributed by atoms with van der Waals surface area (Å²) in [7, 11) is 2.02. The topological polar surface area (TPSA) is 58.4 Å². The number of likely N-dealkylation sites (tertiary alicyclic amines) is 1. The van der Waals surface area contributed by atoms with Gasteiger partial charge in [0.15, 0.2) is 0 Å². The Balaban J connectivity index is 2.05. The molecule has 4 nitrogen and oxygen atoms in total. The van der Waals surface area contributed by atoms with Crippen molar-refractivity contribution in [2.75, 3.05) is 26.7 Å². The summed E-state index contributed by atoms with van der Waals surface area (Å²) in [5.41, 5.74) is 5.85. The van der Waals surface area contributed by atoms with Gasteiger partial charge in [0, 0.05) is 18.2 Å². The zero-order valence-electron chi connectivity index (χ0n) is 12.2. The van der Waals surface area contributed by atoms with Crippen molar-refractivity contribution < 1.29 is 9.18 Å². The van der Waals surface area contributed by atoms with E-state index in [0.29, 0.717) is 5.56 Å². The fourth-order valence-electron chi connectivity index (χ4n) is 2.48. The molecule has 5 heteroatoms. The van der Waals surface area contributed by atoms with E-state index in [4.69, 9.17) is 5.73 Å². The third-order valence-electron chi connectivity index (χ3n) is 3.51. The maximum atomic E-state index is 14.0. The van der Waals surface area contributed by atoms with Crippen molar-refractivity contribution in [2.45, 2.75) is 18.9 Å². The number of carbonyl (C=O) groups is 1. The number of nitrogens with zero attached hydrogens (tertiary/aromatic N) is 1. The van der Waals surface area contributed by atoms with Gasteiger partial charge < -0.3 is 16.0 Å². The van der Waals surface area contributed by atoms with E-state index in [9.17, 15) is 9.18 Å². The number of benzene rings is 1. The van der Waals surface area contributed by atoms with Crippen LogP contribution in [0.25, 0.3) is 0 Å². The number of nitrogens with two attached hydrogens (primary N) is 1. The fraction of sp³-hybridized carbons (Fsp3) is 0.438. The van der Waals surface area contributed by atoms with Crippen LogP contribution in [-0.4, -0.2) is 43.5 Å². The average Bonchev–Trinajstić information content (AvgIpc) is 2.45. The normalized spacial score (nSPS) is 18.7. The van der Waals surface area contributed by atoms with Crippen molar-refractivity contribution in [2.24, 2.45) is 5.73 Å². The Morgan fingerprint density at radius 2 is 2.38 bits per heavy atom. The molecule has 1 unspecified atom stereocenters. The quantitative estimate of drug-likeness (QED) is 0.797. The molecule has 1 saturated heterocycles. The lowest BCUT2D eigenvalue weighted by molar-refractivity contribution is 0.0908. The average molecular weight is 289 g/mol. The van der Waals surface area contributed by atoms with Crippen LogP contribution in [0.4, 0.5) is 4.39 Å². The molecule has 1 aliphatic heterocycles. The van der Waals surface area contributed by atoms with Crippen molar-refractivity contribution in [3.8, 4) is 11.8 Å². The van der Waals surface area contributed by atoms with Gasteiger partial charge in [-0.25, -0.2) is 4.39 Å². The molecule has 112 valence electrons. The van der Waals surface area contributed by atoms with E-state index in [2.05, 4.69) is 22.1 Å². The lowest BCUT2D eigenvalue weighted by atomic mass is 10.0. The second kappa shape index (κ2) is 7.21. The summed E-state index contributed by atoms with van der Waals surface area (Å²) in [6.07, 6.45) is 1.97. The maximum absolute atomic E-state index is 14.0. The zero-order chi connectivity index (χ0) is 15.2. The molecule has 0 spiro atoms. The van der Waals surface area contributed by atoms with E-state index in [0.717, 1.165) is 25.9 Å². The first kappa shape index (κ1) is 15.5. The predicted molar refractivity (Wildman–Crippen MR) is 80.3 cm³/mol. The molecule has 21 heavy (non-hydrogen) atoms. The van der Waals surface area contributed by atoms with Gasteiger partial charge in [0.25, 0.3) is 5.91 Å². The number of carbonyl (C=O) groups excluding carboxylic acids is 1. The van der Waals surface area contributed by atoms with Gasteiger partial charge in [0.1, 0.15) is 5.82 Å². The van der Waals surface area contributed by atoms with Gasteiger partial charge >= 0.3 is 0 Å². The van der Waals surface area contributed by atoms with Gasteiger partial charge in [-0.1, -0.05) is 11.8 Å². The van der Waals surface area contributed by atoms with Gasteiger partial charge in [0.2, 0.25) is 0 Å². The Hall–Kier alpha value is -1.90. The first-order chi connectivity index (χ1) is 10.1. The summed E-state index contributed by atoms with van der Waals surface area (Å²) >= 11 is 0. The third-order valence-corrected chi connectivity index (χ3v) is 3.51. The summed E-state index contributed by atoms with van der Waals surface area (Å²) in [5.74, 6) is 4.48. The molecule has 3 N–H and O–H groups in total. The van der Waals surface area contributed by atoms with E-state index in [1.54, 1.807) is 6.07 Å². The molecular weight excluding hydrogens is 269 g/mol. The van der Waals surface area contributed by atoms with Gasteiger partial charge in [-0.2, -0.15) is 0 Å². The number of rotatable bonds is 2. The highest BCUT2D eigenvalue weighted by Crippen LogP contribution is 2.12. The second-order valence-electron chi connectivity index (χ2n) is 5.28. The van der Waals surface area contributed by atoms with E-state index < -0.39 is 5.82 Å². The van der Waals surface area contributed by atoms with Crippen LogP contribution in [0.1, 0.15) is 28.8 Å². The molecule has 0 aromatic heterocycles. The lowest BCUT2D eigenvalue weighted by Crippen LogP contribution is -2.46. The van der Waals surface area contributed by atoms with Crippen LogP contribution < -0.4 is 11.1 Å². The minimum Gasteiger partial charge on any atom is -0.348 e. The first-order valence-electron chi connectivity index (χ1n) is 7.08. The van der Waals surface area contributed by atoms with Crippen LogP contribution in [0.2, 0.25) is 0 Å². The maximum Gasteiger partial charge on any atom is 0.254 e. The van der Waals surface area contributed by atoms with Gasteiger partial charge in [-0.15, -0.1) is 0 Å². The van der Waals surface area contributed by atoms with Crippen LogP contribution in [-0.2, 0) is 0 Å². The molecule has 1 aromatic carbocycles. The van der Waals surface area contributed by atoms with Crippen LogP contribution in [0.15, 0.2) is 18.2 Å². The number of hydrogen-bond acceptors (Lipinski definition) is 3. The summed E-state index contributed by atoms with van der Waals surface area (Å²) in [4.78, 5) is 14.3. The molecule has 0 radical (unpaired) electrons. The molecule has 2 rings (SSSR count). The third kappa shape index (κ3) is 4.28. The molecule has 0 aliphatic carbocycles. The summed E-state index contributed by atoms with van der Waals surface area (Å²) < 4.78 is 14.0. The first-order valence-corrected chi connectivity index (χ1v) is 7.08. The van der Waals surface area contributed by atoms with E-state index in [1.807, 2.05) is 7.05 Å². The summed E-state index contributed by atoms with van der Waals surface area (Å²) in [6.45, 7) is 2.06. The minimum atomic E-state index is -0.555. The number of halogens is 1. The number of piperidine rings is 1. The molecule has 1 aliphatic rings. The van der Waals surface area contributed by atoms with Gasteiger partial charge in [-0.05, 0) is 44.6 Å². The standard InChI is InChI=1S/C16H20FN3O/c1-20-9-3-5-13(11-20)19-16(21)14-7-6-12(4-2-8-18)10-15(14)17/h6-7,10,13H,3,5,8-9,11,18H2,1H3,(H,19,21). The molecule has 1 aromatic rings. The van der Waals surface area contributed by atoms with Gasteiger partial charge in [-0.3, -0.25) is 4.79 Å². The van der Waals surface area contributed by atoms with Crippen molar-refractivity contribution >= 4 is 5.91 Å².